The van der Waals surface area contributed by atoms with Crippen molar-refractivity contribution in [3.63, 3.8) is 0 Å². The van der Waals surface area contributed by atoms with Gasteiger partial charge in [0.25, 0.3) is 0 Å². The second-order valence-electron chi connectivity index (χ2n) is 5.32. The summed E-state index contributed by atoms with van der Waals surface area (Å²) in [5, 5.41) is 0.956. The Morgan fingerprint density at radius 1 is 1.42 bits per heavy atom. The van der Waals surface area contributed by atoms with Crippen LogP contribution in [0.2, 0.25) is 0 Å². The molecule has 4 N–H and O–H groups in total. The highest BCUT2D eigenvalue weighted by Gasteiger charge is 2.35. The highest BCUT2D eigenvalue weighted by atomic mass is 32.1. The smallest absolute Gasteiger partial charge is 0.178 e. The molecule has 0 bridgehead atoms. The molecule has 1 atom stereocenters. The molecule has 1 saturated heterocycles. The van der Waals surface area contributed by atoms with Gasteiger partial charge in [0, 0.05) is 25.0 Å². The first-order chi connectivity index (χ1) is 9.11. The van der Waals surface area contributed by atoms with Crippen LogP contribution in [0.1, 0.15) is 28.9 Å². The van der Waals surface area contributed by atoms with Gasteiger partial charge < -0.3 is 21.1 Å². The Hall–Kier alpha value is -1.27. The van der Waals surface area contributed by atoms with E-state index >= 15 is 0 Å². The van der Waals surface area contributed by atoms with Crippen LogP contribution in [-0.4, -0.2) is 32.0 Å². The van der Waals surface area contributed by atoms with Gasteiger partial charge in [-0.1, -0.05) is 0 Å². The monoisotopic (exact) mass is 281 g/mol. The zero-order valence-corrected chi connectivity index (χ0v) is 11.8. The molecule has 1 aromatic heterocycles. The van der Waals surface area contributed by atoms with Crippen LogP contribution in [0.4, 0.5) is 10.7 Å². The van der Waals surface area contributed by atoms with E-state index in [0.717, 1.165) is 37.4 Å². The number of anilines is 2. The summed E-state index contributed by atoms with van der Waals surface area (Å²) in [5.41, 5.74) is 12.5. The molecule has 5 nitrogen and oxygen atoms in total. The fraction of sp³-hybridized carbons (Fsp3) is 0.615. The van der Waals surface area contributed by atoms with E-state index < -0.39 is 0 Å². The minimum Gasteiger partial charge on any atom is -0.492 e. The van der Waals surface area contributed by atoms with Crippen LogP contribution in [0.3, 0.4) is 0 Å². The summed E-state index contributed by atoms with van der Waals surface area (Å²) in [6.07, 6.45) is 2.94. The molecule has 19 heavy (non-hydrogen) atoms. The molecule has 2 fully saturated rings. The number of nitrogen functional groups attached to an aromatic ring is 1. The molecule has 2 aliphatic rings. The van der Waals surface area contributed by atoms with Crippen molar-refractivity contribution in [2.45, 2.75) is 25.3 Å². The number of ether oxygens (including phenoxy) is 1. The first-order valence-electron chi connectivity index (χ1n) is 6.62. The van der Waals surface area contributed by atoms with E-state index in [0.29, 0.717) is 16.3 Å². The topological polar surface area (TPSA) is 81.6 Å². The van der Waals surface area contributed by atoms with Crippen LogP contribution in [-0.2, 0) is 0 Å². The summed E-state index contributed by atoms with van der Waals surface area (Å²) in [6, 6.07) is 0.190. The van der Waals surface area contributed by atoms with Gasteiger partial charge in [0.1, 0.15) is 5.00 Å². The summed E-state index contributed by atoms with van der Waals surface area (Å²) < 4.78 is 5.41. The lowest BCUT2D eigenvalue weighted by Crippen LogP contribution is -2.25. The van der Waals surface area contributed by atoms with E-state index in [1.54, 1.807) is 7.11 Å². The van der Waals surface area contributed by atoms with Gasteiger partial charge in [0.15, 0.2) is 11.5 Å². The quantitative estimate of drug-likeness (QED) is 0.817. The fourth-order valence-corrected chi connectivity index (χ4v) is 3.75. The zero-order valence-electron chi connectivity index (χ0n) is 11.0. The number of hydrogen-bond donors (Lipinski definition) is 2. The van der Waals surface area contributed by atoms with Crippen LogP contribution in [0.15, 0.2) is 0 Å². The Morgan fingerprint density at radius 2 is 2.16 bits per heavy atom. The lowest BCUT2D eigenvalue weighted by molar-refractivity contribution is 0.0972. The van der Waals surface area contributed by atoms with E-state index in [2.05, 4.69) is 4.90 Å². The van der Waals surface area contributed by atoms with Gasteiger partial charge in [-0.15, -0.1) is 11.3 Å². The van der Waals surface area contributed by atoms with E-state index in [-0.39, 0.29) is 17.7 Å². The summed E-state index contributed by atoms with van der Waals surface area (Å²) in [6.45, 7) is 1.70. The highest BCUT2D eigenvalue weighted by molar-refractivity contribution is 7.19. The van der Waals surface area contributed by atoms with Gasteiger partial charge in [-0.2, -0.15) is 0 Å². The van der Waals surface area contributed by atoms with Crippen molar-refractivity contribution < 1.29 is 9.53 Å². The van der Waals surface area contributed by atoms with Crippen molar-refractivity contribution >= 4 is 27.8 Å². The predicted octanol–water partition coefficient (Wildman–Crippen LogP) is 1.47. The first-order valence-corrected chi connectivity index (χ1v) is 7.44. The summed E-state index contributed by atoms with van der Waals surface area (Å²) in [5.74, 6) is 0.998. The predicted molar refractivity (Wildman–Crippen MR) is 77.1 cm³/mol. The lowest BCUT2D eigenvalue weighted by Gasteiger charge is -2.17. The zero-order chi connectivity index (χ0) is 13.6. The van der Waals surface area contributed by atoms with Crippen LogP contribution < -0.4 is 21.1 Å². The number of rotatable bonds is 4. The van der Waals surface area contributed by atoms with Crippen molar-refractivity contribution in [3.8, 4) is 5.75 Å². The number of Topliss-reactive ketones (excluding diaryl/α,β-unsaturated/α-hetero) is 1. The average Bonchev–Trinajstić information content (AvgIpc) is 3.07. The van der Waals surface area contributed by atoms with Gasteiger partial charge in [-0.25, -0.2) is 0 Å². The maximum absolute atomic E-state index is 12.2. The Morgan fingerprint density at radius 3 is 2.68 bits per heavy atom. The number of nitrogens with two attached hydrogens (primary N) is 2. The van der Waals surface area contributed by atoms with Gasteiger partial charge in [-0.3, -0.25) is 4.79 Å². The summed E-state index contributed by atoms with van der Waals surface area (Å²) in [4.78, 5) is 15.1. The number of hydrogen-bond acceptors (Lipinski definition) is 6. The second kappa shape index (κ2) is 4.68. The van der Waals surface area contributed by atoms with Crippen molar-refractivity contribution in [1.29, 1.82) is 0 Å². The number of ketones is 1. The first kappa shape index (κ1) is 12.7. The molecule has 0 aromatic carbocycles. The molecule has 3 rings (SSSR count). The van der Waals surface area contributed by atoms with Crippen LogP contribution in [0.25, 0.3) is 0 Å². The van der Waals surface area contributed by atoms with Gasteiger partial charge >= 0.3 is 0 Å². The third-order valence-electron chi connectivity index (χ3n) is 3.77. The minimum atomic E-state index is 0.176. The summed E-state index contributed by atoms with van der Waals surface area (Å²) >= 11 is 1.46. The maximum atomic E-state index is 12.2. The van der Waals surface area contributed by atoms with Crippen molar-refractivity contribution in [1.82, 2.24) is 0 Å². The maximum Gasteiger partial charge on any atom is 0.178 e. The summed E-state index contributed by atoms with van der Waals surface area (Å²) in [7, 11) is 1.60. The molecule has 0 spiro atoms. The molecule has 1 unspecified atom stereocenters. The second-order valence-corrected chi connectivity index (χ2v) is 6.32. The van der Waals surface area contributed by atoms with Crippen LogP contribution in [0.5, 0.6) is 5.75 Å². The average molecular weight is 281 g/mol. The molecule has 0 radical (unpaired) electrons. The SMILES string of the molecule is COc1c(N2CCC(N)C2)sc(C(=O)C2CC2)c1N. The van der Waals surface area contributed by atoms with Gasteiger partial charge in [0.2, 0.25) is 0 Å². The molecule has 6 heteroatoms. The molecule has 2 heterocycles. The number of carbonyl (C=O) groups is 1. The van der Waals surface area contributed by atoms with Crippen molar-refractivity contribution in [2.24, 2.45) is 11.7 Å². The van der Waals surface area contributed by atoms with E-state index in [1.807, 2.05) is 0 Å². The third kappa shape index (κ3) is 2.19. The highest BCUT2D eigenvalue weighted by Crippen LogP contribution is 2.48. The Labute approximate surface area is 116 Å². The van der Waals surface area contributed by atoms with Gasteiger partial charge in [0.05, 0.1) is 17.7 Å². The van der Waals surface area contributed by atoms with E-state index in [4.69, 9.17) is 16.2 Å². The molecule has 1 saturated carbocycles. The number of thiophene rings is 1. The van der Waals surface area contributed by atoms with E-state index in [1.165, 1.54) is 11.3 Å². The standard InChI is InChI=1S/C13H19N3O2S/c1-18-11-9(15)12(10(17)7-2-3-7)19-13(11)16-5-4-8(14)6-16/h7-8H,2-6,14-15H2,1H3. The largest absolute Gasteiger partial charge is 0.492 e. The number of nitrogens with zero attached hydrogens (tertiary/aromatic N) is 1. The van der Waals surface area contributed by atoms with E-state index in [9.17, 15) is 4.79 Å². The third-order valence-corrected chi connectivity index (χ3v) is 5.03. The molecular weight excluding hydrogens is 262 g/mol. The number of carbonyl (C=O) groups excluding carboxylic acids is 1. The van der Waals surface area contributed by atoms with Gasteiger partial charge in [-0.05, 0) is 19.3 Å². The van der Waals surface area contributed by atoms with Crippen molar-refractivity contribution in [3.05, 3.63) is 4.88 Å². The number of methoxy groups -OCH3 is 1. The lowest BCUT2D eigenvalue weighted by atomic mass is 10.2. The Balaban J connectivity index is 1.94. The Bertz CT molecular complexity index is 510. The molecule has 1 aliphatic carbocycles. The molecule has 1 aliphatic heterocycles. The van der Waals surface area contributed by atoms with Crippen molar-refractivity contribution in [2.75, 3.05) is 30.8 Å². The van der Waals surface area contributed by atoms with Crippen LogP contribution >= 0.6 is 11.3 Å². The normalized spacial score (nSPS) is 22.8. The van der Waals surface area contributed by atoms with Crippen LogP contribution in [0, 0.1) is 5.92 Å². The molecule has 0 amide bonds. The fourth-order valence-electron chi connectivity index (χ4n) is 2.51. The molecule has 1 aromatic rings. The molecular formula is C13H19N3O2S. The Kier molecular flexibility index (Phi) is 3.14. The minimum absolute atomic E-state index is 0.176. The molecule has 104 valence electrons.